The van der Waals surface area contributed by atoms with Crippen LogP contribution in [0.5, 0.6) is 0 Å². The average molecular weight is 300 g/mol. The van der Waals surface area contributed by atoms with E-state index in [1.165, 1.54) is 11.3 Å². The van der Waals surface area contributed by atoms with Crippen molar-refractivity contribution in [1.29, 1.82) is 0 Å². The van der Waals surface area contributed by atoms with Gasteiger partial charge in [-0.15, -0.1) is 0 Å². The van der Waals surface area contributed by atoms with Crippen molar-refractivity contribution in [2.75, 3.05) is 31.1 Å². The number of anilines is 1. The van der Waals surface area contributed by atoms with E-state index in [1.807, 2.05) is 0 Å². The van der Waals surface area contributed by atoms with Crippen LogP contribution in [-0.2, 0) is 11.3 Å². The zero-order chi connectivity index (χ0) is 15.2. The van der Waals surface area contributed by atoms with Crippen LogP contribution in [0.15, 0.2) is 41.4 Å². The first-order valence-corrected chi connectivity index (χ1v) is 7.95. The Hall–Kier alpha value is -2.01. The standard InChI is InChI=1S/C17H24N4O/c18-17(20-13-16-7-4-10-22-16)19-12-14-5-3-6-15(11-14)21-8-1-2-9-21/h1-3,5-6,11,16H,4,7-10,12-13H2,(H3,18,19,20). The van der Waals surface area contributed by atoms with Gasteiger partial charge in [0.2, 0.25) is 0 Å². The number of benzene rings is 1. The molecule has 1 aromatic carbocycles. The molecule has 0 amide bonds. The van der Waals surface area contributed by atoms with Crippen LogP contribution < -0.4 is 16.0 Å². The van der Waals surface area contributed by atoms with E-state index in [0.29, 0.717) is 12.5 Å². The topological polar surface area (TPSA) is 62.9 Å². The fourth-order valence-electron chi connectivity index (χ4n) is 2.80. The minimum atomic E-state index is 0.278. The zero-order valence-electron chi connectivity index (χ0n) is 12.9. The first kappa shape index (κ1) is 14.9. The molecule has 118 valence electrons. The molecule has 3 N–H and O–H groups in total. The van der Waals surface area contributed by atoms with E-state index in [9.17, 15) is 0 Å². The molecular weight excluding hydrogens is 276 g/mol. The van der Waals surface area contributed by atoms with Gasteiger partial charge >= 0.3 is 0 Å². The Morgan fingerprint density at radius 2 is 2.23 bits per heavy atom. The van der Waals surface area contributed by atoms with Crippen LogP contribution in [0.4, 0.5) is 5.69 Å². The van der Waals surface area contributed by atoms with Gasteiger partial charge in [-0.25, -0.2) is 4.99 Å². The molecule has 1 fully saturated rings. The lowest BCUT2D eigenvalue weighted by Crippen LogP contribution is -2.37. The molecule has 0 radical (unpaired) electrons. The summed E-state index contributed by atoms with van der Waals surface area (Å²) in [6.07, 6.45) is 6.91. The summed E-state index contributed by atoms with van der Waals surface area (Å²) in [5, 5.41) is 3.15. The lowest BCUT2D eigenvalue weighted by molar-refractivity contribution is 0.114. The van der Waals surface area contributed by atoms with Crippen LogP contribution in [0.25, 0.3) is 0 Å². The number of rotatable bonds is 5. The Balaban J connectivity index is 1.51. The lowest BCUT2D eigenvalue weighted by Gasteiger charge is -2.18. The van der Waals surface area contributed by atoms with E-state index >= 15 is 0 Å². The first-order chi connectivity index (χ1) is 10.8. The van der Waals surface area contributed by atoms with Crippen molar-refractivity contribution in [2.24, 2.45) is 10.7 Å². The summed E-state index contributed by atoms with van der Waals surface area (Å²) in [5.74, 6) is 0.490. The molecule has 22 heavy (non-hydrogen) atoms. The smallest absolute Gasteiger partial charge is 0.189 e. The third kappa shape index (κ3) is 4.01. The van der Waals surface area contributed by atoms with E-state index in [1.54, 1.807) is 0 Å². The van der Waals surface area contributed by atoms with Crippen LogP contribution in [0.3, 0.4) is 0 Å². The van der Waals surface area contributed by atoms with Crippen LogP contribution in [0.2, 0.25) is 0 Å². The number of aliphatic imine (C=N–C) groups is 1. The molecule has 2 heterocycles. The van der Waals surface area contributed by atoms with Crippen molar-refractivity contribution in [1.82, 2.24) is 5.32 Å². The Bertz CT molecular complexity index is 541. The normalized spacial score (nSPS) is 21.5. The Kier molecular flexibility index (Phi) is 4.96. The molecular formula is C17H24N4O. The van der Waals surface area contributed by atoms with Gasteiger partial charge in [0.05, 0.1) is 12.6 Å². The molecule has 0 aliphatic carbocycles. The summed E-state index contributed by atoms with van der Waals surface area (Å²) >= 11 is 0. The molecule has 0 saturated carbocycles. The van der Waals surface area contributed by atoms with Crippen molar-refractivity contribution in [3.05, 3.63) is 42.0 Å². The second kappa shape index (κ2) is 7.31. The van der Waals surface area contributed by atoms with E-state index < -0.39 is 0 Å². The monoisotopic (exact) mass is 300 g/mol. The summed E-state index contributed by atoms with van der Waals surface area (Å²) < 4.78 is 5.55. The number of nitrogens with two attached hydrogens (primary N) is 1. The average Bonchev–Trinajstić information content (AvgIpc) is 3.24. The second-order valence-electron chi connectivity index (χ2n) is 5.76. The summed E-state index contributed by atoms with van der Waals surface area (Å²) in [5.41, 5.74) is 8.33. The van der Waals surface area contributed by atoms with Gasteiger partial charge in [-0.1, -0.05) is 24.3 Å². The maximum Gasteiger partial charge on any atom is 0.189 e. The molecule has 0 aromatic heterocycles. The maximum atomic E-state index is 5.92. The molecule has 0 spiro atoms. The molecule has 1 atom stereocenters. The molecule has 5 heteroatoms. The van der Waals surface area contributed by atoms with Gasteiger partial charge < -0.3 is 20.7 Å². The highest BCUT2D eigenvalue weighted by Crippen LogP contribution is 2.18. The van der Waals surface area contributed by atoms with Gasteiger partial charge in [0.1, 0.15) is 0 Å². The predicted octanol–water partition coefficient (Wildman–Crippen LogP) is 1.65. The molecule has 5 nitrogen and oxygen atoms in total. The van der Waals surface area contributed by atoms with Gasteiger partial charge in [0.15, 0.2) is 5.96 Å². The number of guanidine groups is 1. The minimum Gasteiger partial charge on any atom is -0.376 e. The van der Waals surface area contributed by atoms with Crippen LogP contribution >= 0.6 is 0 Å². The summed E-state index contributed by atoms with van der Waals surface area (Å²) in [7, 11) is 0. The highest BCUT2D eigenvalue weighted by Gasteiger charge is 2.14. The SMILES string of the molecule is NC(=NCc1cccc(N2CC=CC2)c1)NCC1CCCO1. The highest BCUT2D eigenvalue weighted by atomic mass is 16.5. The van der Waals surface area contributed by atoms with Crippen molar-refractivity contribution < 1.29 is 4.74 Å². The quantitative estimate of drug-likeness (QED) is 0.493. The van der Waals surface area contributed by atoms with Crippen LogP contribution in [0.1, 0.15) is 18.4 Å². The molecule has 0 bridgehead atoms. The summed E-state index contributed by atoms with van der Waals surface area (Å²) in [6.45, 7) is 4.17. The molecule has 1 saturated heterocycles. The number of ether oxygens (including phenoxy) is 1. The van der Waals surface area contributed by atoms with Gasteiger partial charge in [-0.05, 0) is 30.5 Å². The molecule has 2 aliphatic heterocycles. The van der Waals surface area contributed by atoms with Crippen molar-refractivity contribution in [3.63, 3.8) is 0 Å². The summed E-state index contributed by atoms with van der Waals surface area (Å²) in [4.78, 5) is 6.74. The van der Waals surface area contributed by atoms with Crippen molar-refractivity contribution in [2.45, 2.75) is 25.5 Å². The van der Waals surface area contributed by atoms with Crippen LogP contribution in [-0.4, -0.2) is 38.3 Å². The van der Waals surface area contributed by atoms with E-state index in [0.717, 1.165) is 39.1 Å². The zero-order valence-corrected chi connectivity index (χ0v) is 12.9. The maximum absolute atomic E-state index is 5.92. The third-order valence-electron chi connectivity index (χ3n) is 4.06. The third-order valence-corrected chi connectivity index (χ3v) is 4.06. The largest absolute Gasteiger partial charge is 0.376 e. The fourth-order valence-corrected chi connectivity index (χ4v) is 2.80. The molecule has 1 aromatic rings. The second-order valence-corrected chi connectivity index (χ2v) is 5.76. The number of hydrogen-bond donors (Lipinski definition) is 2. The lowest BCUT2D eigenvalue weighted by atomic mass is 10.2. The van der Waals surface area contributed by atoms with E-state index in [-0.39, 0.29) is 6.10 Å². The molecule has 1 unspecified atom stereocenters. The summed E-state index contributed by atoms with van der Waals surface area (Å²) in [6, 6.07) is 8.49. The Labute approximate surface area is 131 Å². The van der Waals surface area contributed by atoms with Gasteiger partial charge in [0.25, 0.3) is 0 Å². The van der Waals surface area contributed by atoms with Crippen molar-refractivity contribution in [3.8, 4) is 0 Å². The number of nitrogens with one attached hydrogen (secondary N) is 1. The number of nitrogens with zero attached hydrogens (tertiary/aromatic N) is 2. The molecule has 2 aliphatic rings. The Morgan fingerprint density at radius 3 is 3.00 bits per heavy atom. The highest BCUT2D eigenvalue weighted by molar-refractivity contribution is 5.77. The van der Waals surface area contributed by atoms with Gasteiger partial charge in [-0.2, -0.15) is 0 Å². The van der Waals surface area contributed by atoms with Crippen LogP contribution in [0, 0.1) is 0 Å². The number of hydrogen-bond acceptors (Lipinski definition) is 3. The Morgan fingerprint density at radius 1 is 1.36 bits per heavy atom. The van der Waals surface area contributed by atoms with Gasteiger partial charge in [-0.3, -0.25) is 0 Å². The first-order valence-electron chi connectivity index (χ1n) is 7.95. The van der Waals surface area contributed by atoms with Gasteiger partial charge in [0, 0.05) is 31.9 Å². The minimum absolute atomic E-state index is 0.278. The predicted molar refractivity (Wildman–Crippen MR) is 90.1 cm³/mol. The fraction of sp³-hybridized carbons (Fsp3) is 0.471. The van der Waals surface area contributed by atoms with E-state index in [4.69, 9.17) is 10.5 Å². The molecule has 3 rings (SSSR count). The van der Waals surface area contributed by atoms with E-state index in [2.05, 4.69) is 51.6 Å². The van der Waals surface area contributed by atoms with Crippen molar-refractivity contribution >= 4 is 11.6 Å².